The van der Waals surface area contributed by atoms with Crippen LogP contribution in [0.1, 0.15) is 10.4 Å². The molecule has 0 fully saturated rings. The topological polar surface area (TPSA) is 63.6 Å². The summed E-state index contributed by atoms with van der Waals surface area (Å²) in [6.45, 7) is 0. The van der Waals surface area contributed by atoms with Crippen LogP contribution in [0.5, 0.6) is 0 Å². The highest BCUT2D eigenvalue weighted by Gasteiger charge is 2.26. The SMILES string of the molecule is COC(C(=O)O)C(=O)c1ccccc1. The van der Waals surface area contributed by atoms with E-state index in [2.05, 4.69) is 4.74 Å². The van der Waals surface area contributed by atoms with E-state index in [4.69, 9.17) is 5.11 Å². The molecule has 0 aromatic heterocycles. The van der Waals surface area contributed by atoms with E-state index in [9.17, 15) is 9.59 Å². The van der Waals surface area contributed by atoms with Gasteiger partial charge in [-0.3, -0.25) is 4.79 Å². The standard InChI is InChI=1S/C10H10O4/c1-14-9(10(12)13)8(11)7-5-3-2-4-6-7/h2-6,9H,1H3,(H,12,13). The second-order valence-corrected chi connectivity index (χ2v) is 2.68. The van der Waals surface area contributed by atoms with E-state index in [1.807, 2.05) is 0 Å². The number of carbonyl (C=O) groups excluding carboxylic acids is 1. The van der Waals surface area contributed by atoms with Crippen molar-refractivity contribution < 1.29 is 19.4 Å². The van der Waals surface area contributed by atoms with Gasteiger partial charge in [-0.15, -0.1) is 0 Å². The van der Waals surface area contributed by atoms with E-state index >= 15 is 0 Å². The van der Waals surface area contributed by atoms with Crippen molar-refractivity contribution >= 4 is 11.8 Å². The number of ether oxygens (including phenoxy) is 1. The molecule has 14 heavy (non-hydrogen) atoms. The van der Waals surface area contributed by atoms with Crippen molar-refractivity contribution in [3.05, 3.63) is 35.9 Å². The van der Waals surface area contributed by atoms with E-state index in [0.29, 0.717) is 5.56 Å². The minimum atomic E-state index is -1.42. The van der Waals surface area contributed by atoms with Crippen LogP contribution in [0.15, 0.2) is 30.3 Å². The molecule has 1 unspecified atom stereocenters. The molecule has 0 aliphatic heterocycles. The fourth-order valence-electron chi connectivity index (χ4n) is 1.07. The number of carboxylic acids is 1. The number of carbonyl (C=O) groups is 2. The van der Waals surface area contributed by atoms with Gasteiger partial charge in [0.05, 0.1) is 0 Å². The quantitative estimate of drug-likeness (QED) is 0.573. The molecule has 1 aromatic carbocycles. The zero-order chi connectivity index (χ0) is 10.6. The van der Waals surface area contributed by atoms with E-state index in [0.717, 1.165) is 0 Å². The monoisotopic (exact) mass is 194 g/mol. The molecule has 0 saturated heterocycles. The number of methoxy groups -OCH3 is 1. The Balaban J connectivity index is 2.89. The summed E-state index contributed by atoms with van der Waals surface area (Å²) in [7, 11) is 1.19. The average Bonchev–Trinajstić information content (AvgIpc) is 2.19. The molecule has 4 nitrogen and oxygen atoms in total. The predicted octanol–water partition coefficient (Wildman–Crippen LogP) is 0.969. The van der Waals surface area contributed by atoms with Gasteiger partial charge in [-0.2, -0.15) is 0 Å². The molecule has 1 atom stereocenters. The molecular weight excluding hydrogens is 184 g/mol. The molecular formula is C10H10O4. The van der Waals surface area contributed by atoms with Crippen molar-refractivity contribution in [2.75, 3.05) is 7.11 Å². The lowest BCUT2D eigenvalue weighted by Crippen LogP contribution is -2.31. The molecule has 1 aromatic rings. The third-order valence-electron chi connectivity index (χ3n) is 1.76. The maximum atomic E-state index is 11.5. The second-order valence-electron chi connectivity index (χ2n) is 2.68. The summed E-state index contributed by atoms with van der Waals surface area (Å²) >= 11 is 0. The Morgan fingerprint density at radius 1 is 1.29 bits per heavy atom. The van der Waals surface area contributed by atoms with Crippen molar-refractivity contribution in [1.29, 1.82) is 0 Å². The van der Waals surface area contributed by atoms with Crippen LogP contribution in [-0.2, 0) is 9.53 Å². The largest absolute Gasteiger partial charge is 0.479 e. The highest BCUT2D eigenvalue weighted by atomic mass is 16.5. The van der Waals surface area contributed by atoms with Crippen LogP contribution in [0.25, 0.3) is 0 Å². The summed E-state index contributed by atoms with van der Waals surface area (Å²) in [4.78, 5) is 22.1. The van der Waals surface area contributed by atoms with Crippen LogP contribution >= 0.6 is 0 Å². The van der Waals surface area contributed by atoms with Crippen molar-refractivity contribution in [2.45, 2.75) is 6.10 Å². The van der Waals surface area contributed by atoms with Crippen molar-refractivity contribution in [3.63, 3.8) is 0 Å². The molecule has 0 aliphatic rings. The summed E-state index contributed by atoms with van der Waals surface area (Å²) in [5.74, 6) is -1.82. The molecule has 0 bridgehead atoms. The zero-order valence-electron chi connectivity index (χ0n) is 7.64. The van der Waals surface area contributed by atoms with Crippen LogP contribution in [0.2, 0.25) is 0 Å². The molecule has 74 valence electrons. The maximum Gasteiger partial charge on any atom is 0.341 e. The van der Waals surface area contributed by atoms with E-state index in [1.165, 1.54) is 7.11 Å². The molecule has 0 heterocycles. The van der Waals surface area contributed by atoms with Gasteiger partial charge in [-0.1, -0.05) is 30.3 Å². The smallest absolute Gasteiger partial charge is 0.341 e. The molecule has 4 heteroatoms. The van der Waals surface area contributed by atoms with Gasteiger partial charge < -0.3 is 9.84 Å². The van der Waals surface area contributed by atoms with Gasteiger partial charge in [-0.25, -0.2) is 4.79 Å². The first-order chi connectivity index (χ1) is 6.66. The first-order valence-electron chi connectivity index (χ1n) is 4.01. The molecule has 0 saturated carbocycles. The van der Waals surface area contributed by atoms with Crippen LogP contribution in [0.4, 0.5) is 0 Å². The Bertz CT molecular complexity index is 331. The van der Waals surface area contributed by atoms with Gasteiger partial charge in [0.25, 0.3) is 0 Å². The normalized spacial score (nSPS) is 12.1. The average molecular weight is 194 g/mol. The maximum absolute atomic E-state index is 11.5. The predicted molar refractivity (Wildman–Crippen MR) is 49.2 cm³/mol. The van der Waals surface area contributed by atoms with Crippen molar-refractivity contribution in [3.8, 4) is 0 Å². The van der Waals surface area contributed by atoms with Gasteiger partial charge in [0.2, 0.25) is 11.9 Å². The van der Waals surface area contributed by atoms with E-state index in [1.54, 1.807) is 30.3 Å². The lowest BCUT2D eigenvalue weighted by atomic mass is 10.1. The Morgan fingerprint density at radius 2 is 1.86 bits per heavy atom. The first-order valence-corrected chi connectivity index (χ1v) is 4.01. The van der Waals surface area contributed by atoms with Crippen molar-refractivity contribution in [1.82, 2.24) is 0 Å². The van der Waals surface area contributed by atoms with Crippen LogP contribution in [0, 0.1) is 0 Å². The third kappa shape index (κ3) is 2.17. The van der Waals surface area contributed by atoms with Gasteiger partial charge in [0.1, 0.15) is 0 Å². The second kappa shape index (κ2) is 4.53. The van der Waals surface area contributed by atoms with Gasteiger partial charge in [-0.05, 0) is 0 Å². The Hall–Kier alpha value is -1.68. The number of ketones is 1. The minimum absolute atomic E-state index is 0.335. The van der Waals surface area contributed by atoms with Crippen LogP contribution in [-0.4, -0.2) is 30.1 Å². The summed E-state index contributed by atoms with van der Waals surface area (Å²) in [6, 6.07) is 8.19. The molecule has 0 spiro atoms. The molecule has 1 rings (SSSR count). The zero-order valence-corrected chi connectivity index (χ0v) is 7.64. The number of rotatable bonds is 4. The summed E-state index contributed by atoms with van der Waals surface area (Å²) in [5.41, 5.74) is 0.335. The fraction of sp³-hybridized carbons (Fsp3) is 0.200. The van der Waals surface area contributed by atoms with Gasteiger partial charge >= 0.3 is 5.97 Å². The number of benzene rings is 1. The van der Waals surface area contributed by atoms with Crippen LogP contribution < -0.4 is 0 Å². The first kappa shape index (κ1) is 10.4. The summed E-state index contributed by atoms with van der Waals surface area (Å²) in [5, 5.41) is 8.66. The Morgan fingerprint density at radius 3 is 2.29 bits per heavy atom. The fourth-order valence-corrected chi connectivity index (χ4v) is 1.07. The molecule has 0 radical (unpaired) electrons. The highest BCUT2D eigenvalue weighted by molar-refractivity contribution is 6.10. The molecule has 0 amide bonds. The van der Waals surface area contributed by atoms with Crippen LogP contribution in [0.3, 0.4) is 0 Å². The number of carboxylic acid groups (broad SMARTS) is 1. The number of Topliss-reactive ketones (excluding diaryl/α,β-unsaturated/α-hetero) is 1. The summed E-state index contributed by atoms with van der Waals surface area (Å²) in [6.07, 6.45) is -1.42. The number of hydrogen-bond donors (Lipinski definition) is 1. The third-order valence-corrected chi connectivity index (χ3v) is 1.76. The summed E-state index contributed by atoms with van der Waals surface area (Å²) < 4.78 is 4.58. The number of aliphatic carboxylic acids is 1. The van der Waals surface area contributed by atoms with Crippen molar-refractivity contribution in [2.24, 2.45) is 0 Å². The Kier molecular flexibility index (Phi) is 3.36. The van der Waals surface area contributed by atoms with E-state index < -0.39 is 17.9 Å². The Labute approximate surface area is 81.1 Å². The lowest BCUT2D eigenvalue weighted by Gasteiger charge is -2.08. The highest BCUT2D eigenvalue weighted by Crippen LogP contribution is 2.05. The minimum Gasteiger partial charge on any atom is -0.479 e. The van der Waals surface area contributed by atoms with Gasteiger partial charge in [0.15, 0.2) is 0 Å². The lowest BCUT2D eigenvalue weighted by molar-refractivity contribution is -0.145. The molecule has 1 N–H and O–H groups in total. The van der Waals surface area contributed by atoms with E-state index in [-0.39, 0.29) is 0 Å². The molecule has 0 aliphatic carbocycles. The number of hydrogen-bond acceptors (Lipinski definition) is 3. The van der Waals surface area contributed by atoms with Gasteiger partial charge in [0, 0.05) is 12.7 Å².